The summed E-state index contributed by atoms with van der Waals surface area (Å²) in [6.45, 7) is 2.87. The maximum Gasteiger partial charge on any atom is 0.278 e. The van der Waals surface area contributed by atoms with Gasteiger partial charge >= 0.3 is 0 Å². The first kappa shape index (κ1) is 19.2. The summed E-state index contributed by atoms with van der Waals surface area (Å²) in [5.74, 6) is 0.544. The summed E-state index contributed by atoms with van der Waals surface area (Å²) in [4.78, 5) is 32.0. The molecule has 0 bridgehead atoms. The highest BCUT2D eigenvalue weighted by Gasteiger charge is 2.29. The fourth-order valence-electron chi connectivity index (χ4n) is 4.07. The predicted octanol–water partition coefficient (Wildman–Crippen LogP) is 3.70. The highest BCUT2D eigenvalue weighted by Crippen LogP contribution is 2.30. The Morgan fingerprint density at radius 1 is 1.03 bits per heavy atom. The van der Waals surface area contributed by atoms with Crippen molar-refractivity contribution in [1.29, 1.82) is 0 Å². The van der Waals surface area contributed by atoms with Gasteiger partial charge < -0.3 is 9.32 Å². The van der Waals surface area contributed by atoms with Crippen molar-refractivity contribution in [2.75, 3.05) is 13.1 Å². The third-order valence-corrected chi connectivity index (χ3v) is 5.75. The molecule has 7 heteroatoms. The number of carbonyl (C=O) groups excluding carboxylic acids is 1. The summed E-state index contributed by atoms with van der Waals surface area (Å²) >= 11 is 0. The molecule has 1 saturated heterocycles. The van der Waals surface area contributed by atoms with Crippen molar-refractivity contribution in [3.8, 4) is 5.69 Å². The Morgan fingerprint density at radius 2 is 1.74 bits per heavy atom. The topological polar surface area (TPSA) is 81.2 Å². The minimum Gasteiger partial charge on any atom is -0.440 e. The molecule has 3 heterocycles. The Balaban J connectivity index is 1.35. The molecule has 5 rings (SSSR count). The van der Waals surface area contributed by atoms with E-state index in [1.54, 1.807) is 9.58 Å². The number of carbonyl (C=O) groups is 1. The van der Waals surface area contributed by atoms with E-state index in [9.17, 15) is 9.59 Å². The number of likely N-dealkylation sites (tertiary alicyclic amines) is 1. The van der Waals surface area contributed by atoms with Gasteiger partial charge in [-0.2, -0.15) is 5.10 Å². The molecule has 31 heavy (non-hydrogen) atoms. The van der Waals surface area contributed by atoms with Crippen molar-refractivity contribution >= 4 is 17.0 Å². The van der Waals surface area contributed by atoms with Crippen LogP contribution in [0.15, 0.2) is 69.9 Å². The molecule has 2 aromatic heterocycles. The number of benzene rings is 2. The molecule has 0 aliphatic carbocycles. The summed E-state index contributed by atoms with van der Waals surface area (Å²) in [5, 5.41) is 4.41. The molecule has 0 N–H and O–H groups in total. The number of aromatic nitrogens is 3. The third-order valence-electron chi connectivity index (χ3n) is 5.75. The van der Waals surface area contributed by atoms with Gasteiger partial charge in [0.05, 0.1) is 5.69 Å². The van der Waals surface area contributed by atoms with E-state index >= 15 is 0 Å². The van der Waals surface area contributed by atoms with Gasteiger partial charge in [-0.1, -0.05) is 30.3 Å². The predicted molar refractivity (Wildman–Crippen MR) is 116 cm³/mol. The van der Waals surface area contributed by atoms with Crippen molar-refractivity contribution in [1.82, 2.24) is 19.7 Å². The van der Waals surface area contributed by atoms with Crippen LogP contribution in [0.3, 0.4) is 0 Å². The first-order valence-electron chi connectivity index (χ1n) is 10.4. The second-order valence-corrected chi connectivity index (χ2v) is 7.83. The number of aryl methyl sites for hydroxylation is 1. The van der Waals surface area contributed by atoms with Gasteiger partial charge in [0.25, 0.3) is 5.91 Å². The van der Waals surface area contributed by atoms with Gasteiger partial charge in [-0.15, -0.1) is 0 Å². The molecule has 0 atom stereocenters. The van der Waals surface area contributed by atoms with E-state index in [0.29, 0.717) is 24.7 Å². The molecular weight excluding hydrogens is 392 g/mol. The molecule has 1 fully saturated rings. The molecule has 0 radical (unpaired) electrons. The number of fused-ring (bicyclic) bond motifs is 1. The van der Waals surface area contributed by atoms with Gasteiger partial charge in [-0.05, 0) is 44.0 Å². The second-order valence-electron chi connectivity index (χ2n) is 7.83. The lowest BCUT2D eigenvalue weighted by molar-refractivity contribution is 0.0697. The number of hydrogen-bond donors (Lipinski definition) is 0. The molecule has 0 unspecified atom stereocenters. The molecule has 0 saturated carbocycles. The molecule has 1 amide bonds. The maximum absolute atomic E-state index is 13.1. The third kappa shape index (κ3) is 3.63. The normalized spacial score (nSPS) is 14.8. The van der Waals surface area contributed by atoms with Crippen molar-refractivity contribution in [2.45, 2.75) is 25.7 Å². The maximum atomic E-state index is 13.1. The second kappa shape index (κ2) is 7.83. The summed E-state index contributed by atoms with van der Waals surface area (Å²) in [6.07, 6.45) is 1.47. The zero-order valence-corrected chi connectivity index (χ0v) is 17.2. The summed E-state index contributed by atoms with van der Waals surface area (Å²) < 4.78 is 7.54. The van der Waals surface area contributed by atoms with E-state index in [0.717, 1.165) is 29.6 Å². The molecule has 1 aliphatic heterocycles. The van der Waals surface area contributed by atoms with Crippen LogP contribution in [0, 0.1) is 6.92 Å². The van der Waals surface area contributed by atoms with Gasteiger partial charge in [0.1, 0.15) is 5.52 Å². The Labute approximate surface area is 178 Å². The number of nitrogens with zero attached hydrogens (tertiary/aromatic N) is 4. The van der Waals surface area contributed by atoms with Crippen LogP contribution in [-0.4, -0.2) is 38.7 Å². The molecule has 1 aliphatic rings. The fourth-order valence-corrected chi connectivity index (χ4v) is 4.07. The SMILES string of the molecule is Cc1cc(=O)c(C(=O)N2CCC(c3nc4ccccc4o3)CC2)nn1-c1ccccc1. The molecule has 7 nitrogen and oxygen atoms in total. The van der Waals surface area contributed by atoms with Crippen LogP contribution in [0.5, 0.6) is 0 Å². The van der Waals surface area contributed by atoms with Gasteiger partial charge in [-0.3, -0.25) is 9.59 Å². The van der Waals surface area contributed by atoms with Crippen LogP contribution in [0.2, 0.25) is 0 Å². The fraction of sp³-hybridized carbons (Fsp3) is 0.250. The number of para-hydroxylation sites is 3. The molecule has 156 valence electrons. The number of amides is 1. The monoisotopic (exact) mass is 414 g/mol. The van der Waals surface area contributed by atoms with E-state index in [2.05, 4.69) is 10.1 Å². The number of hydrogen-bond acceptors (Lipinski definition) is 5. The van der Waals surface area contributed by atoms with Crippen LogP contribution < -0.4 is 5.43 Å². The molecule has 2 aromatic carbocycles. The number of rotatable bonds is 3. The smallest absolute Gasteiger partial charge is 0.278 e. The van der Waals surface area contributed by atoms with E-state index in [1.807, 2.05) is 61.5 Å². The van der Waals surface area contributed by atoms with Crippen LogP contribution in [0.4, 0.5) is 0 Å². The standard InChI is InChI=1S/C24H22N4O3/c1-16-15-20(29)22(26-28(16)18-7-3-2-4-8-18)24(30)27-13-11-17(12-14-27)23-25-19-9-5-6-10-21(19)31-23/h2-10,15,17H,11-14H2,1H3. The van der Waals surface area contributed by atoms with E-state index in [1.165, 1.54) is 6.07 Å². The zero-order chi connectivity index (χ0) is 21.4. The molecule has 0 spiro atoms. The van der Waals surface area contributed by atoms with E-state index in [-0.39, 0.29) is 22.9 Å². The number of piperidine rings is 1. The Bertz CT molecular complexity index is 1270. The Morgan fingerprint density at radius 3 is 2.48 bits per heavy atom. The minimum atomic E-state index is -0.351. The highest BCUT2D eigenvalue weighted by atomic mass is 16.3. The van der Waals surface area contributed by atoms with Crippen molar-refractivity contribution in [2.24, 2.45) is 0 Å². The minimum absolute atomic E-state index is 0.0465. The quantitative estimate of drug-likeness (QED) is 0.511. The van der Waals surface area contributed by atoms with Crippen LogP contribution in [-0.2, 0) is 0 Å². The largest absolute Gasteiger partial charge is 0.440 e. The lowest BCUT2D eigenvalue weighted by Gasteiger charge is -2.30. The Kier molecular flexibility index (Phi) is 4.86. The van der Waals surface area contributed by atoms with Crippen molar-refractivity contribution in [3.05, 3.63) is 88.2 Å². The first-order valence-corrected chi connectivity index (χ1v) is 10.4. The average Bonchev–Trinajstić information content (AvgIpc) is 3.24. The average molecular weight is 414 g/mol. The van der Waals surface area contributed by atoms with Crippen LogP contribution in [0.1, 0.15) is 40.8 Å². The summed E-state index contributed by atoms with van der Waals surface area (Å²) in [7, 11) is 0. The Hall–Kier alpha value is -3.74. The van der Waals surface area contributed by atoms with Gasteiger partial charge in [-0.25, -0.2) is 9.67 Å². The van der Waals surface area contributed by atoms with Gasteiger partial charge in [0.15, 0.2) is 17.2 Å². The molecule has 4 aromatic rings. The van der Waals surface area contributed by atoms with E-state index < -0.39 is 0 Å². The lowest BCUT2D eigenvalue weighted by atomic mass is 9.96. The van der Waals surface area contributed by atoms with Gasteiger partial charge in [0.2, 0.25) is 5.43 Å². The van der Waals surface area contributed by atoms with Crippen molar-refractivity contribution < 1.29 is 9.21 Å². The van der Waals surface area contributed by atoms with E-state index in [4.69, 9.17) is 4.42 Å². The van der Waals surface area contributed by atoms with Crippen LogP contribution >= 0.6 is 0 Å². The van der Waals surface area contributed by atoms with Crippen LogP contribution in [0.25, 0.3) is 16.8 Å². The zero-order valence-electron chi connectivity index (χ0n) is 17.2. The highest BCUT2D eigenvalue weighted by molar-refractivity contribution is 5.92. The first-order chi connectivity index (χ1) is 15.1. The summed E-state index contributed by atoms with van der Waals surface area (Å²) in [5.41, 5.74) is 2.72. The lowest BCUT2D eigenvalue weighted by Crippen LogP contribution is -2.41. The number of oxazole rings is 1. The van der Waals surface area contributed by atoms with Gasteiger partial charge in [0, 0.05) is 30.8 Å². The molecular formula is C24H22N4O3. The summed E-state index contributed by atoms with van der Waals surface area (Å²) in [6, 6.07) is 18.7. The van der Waals surface area contributed by atoms with Crippen molar-refractivity contribution in [3.63, 3.8) is 0 Å².